The Labute approximate surface area is 130 Å². The Morgan fingerprint density at radius 2 is 2.00 bits per heavy atom. The molecule has 1 aliphatic heterocycles. The van der Waals surface area contributed by atoms with E-state index in [1.165, 1.54) is 6.92 Å². The molecule has 1 saturated heterocycles. The zero-order valence-electron chi connectivity index (χ0n) is 13.3. The minimum absolute atomic E-state index is 0.0219. The highest BCUT2D eigenvalue weighted by molar-refractivity contribution is 6.05. The number of carbonyl (C=O) groups is 3. The number of amides is 2. The van der Waals surface area contributed by atoms with Gasteiger partial charge in [-0.1, -0.05) is 26.0 Å². The Bertz CT molecular complexity index is 595. The number of hydrogen-bond acceptors (Lipinski definition) is 3. The maximum absolute atomic E-state index is 12.4. The first-order valence-corrected chi connectivity index (χ1v) is 7.57. The smallest absolute Gasteiger partial charge is 0.229 e. The van der Waals surface area contributed by atoms with Crippen molar-refractivity contribution in [3.8, 4) is 0 Å². The lowest BCUT2D eigenvalue weighted by atomic mass is 10.1. The molecule has 1 atom stereocenters. The fraction of sp³-hybridized carbons (Fsp3) is 0.471. The summed E-state index contributed by atoms with van der Waals surface area (Å²) in [4.78, 5) is 37.6. The number of nitrogens with zero attached hydrogens (tertiary/aromatic N) is 1. The number of likely N-dealkylation sites (tertiary alicyclic amines) is 1. The Morgan fingerprint density at radius 1 is 1.32 bits per heavy atom. The van der Waals surface area contributed by atoms with Gasteiger partial charge in [-0.2, -0.15) is 0 Å². The van der Waals surface area contributed by atoms with E-state index in [9.17, 15) is 14.4 Å². The number of ketones is 1. The molecule has 1 fully saturated rings. The van der Waals surface area contributed by atoms with Gasteiger partial charge in [0.15, 0.2) is 5.78 Å². The second-order valence-corrected chi connectivity index (χ2v) is 6.18. The van der Waals surface area contributed by atoms with E-state index in [-0.39, 0.29) is 29.9 Å². The average Bonchev–Trinajstić information content (AvgIpc) is 2.80. The number of carbonyl (C=O) groups excluding carboxylic acids is 3. The van der Waals surface area contributed by atoms with Gasteiger partial charge >= 0.3 is 0 Å². The summed E-state index contributed by atoms with van der Waals surface area (Å²) in [6.07, 6.45) is 0.237. The largest absolute Gasteiger partial charge is 0.342 e. The van der Waals surface area contributed by atoms with Crippen LogP contribution in [0.25, 0.3) is 0 Å². The van der Waals surface area contributed by atoms with Crippen LogP contribution in [0.1, 0.15) is 37.6 Å². The van der Waals surface area contributed by atoms with Crippen molar-refractivity contribution in [1.82, 2.24) is 4.90 Å². The van der Waals surface area contributed by atoms with Crippen LogP contribution in [0, 0.1) is 11.8 Å². The van der Waals surface area contributed by atoms with Crippen molar-refractivity contribution < 1.29 is 14.4 Å². The fourth-order valence-electron chi connectivity index (χ4n) is 2.70. The first kappa shape index (κ1) is 16.2. The van der Waals surface area contributed by atoms with Gasteiger partial charge in [0.1, 0.15) is 0 Å². The van der Waals surface area contributed by atoms with E-state index in [1.54, 1.807) is 29.2 Å². The Kier molecular flexibility index (Phi) is 4.96. The predicted octanol–water partition coefficient (Wildman–Crippen LogP) is 2.33. The molecule has 1 N–H and O–H groups in total. The van der Waals surface area contributed by atoms with Gasteiger partial charge in [0, 0.05) is 25.1 Å². The number of para-hydroxylation sites is 1. The monoisotopic (exact) mass is 302 g/mol. The van der Waals surface area contributed by atoms with Gasteiger partial charge in [-0.15, -0.1) is 0 Å². The molecule has 5 heteroatoms. The van der Waals surface area contributed by atoms with Gasteiger partial charge in [-0.25, -0.2) is 0 Å². The van der Waals surface area contributed by atoms with Crippen molar-refractivity contribution in [3.63, 3.8) is 0 Å². The number of hydrogen-bond donors (Lipinski definition) is 1. The van der Waals surface area contributed by atoms with Crippen LogP contribution < -0.4 is 5.32 Å². The summed E-state index contributed by atoms with van der Waals surface area (Å²) < 4.78 is 0. The number of Topliss-reactive ketones (excluding diaryl/α,β-unsaturated/α-hetero) is 1. The van der Waals surface area contributed by atoms with E-state index in [4.69, 9.17) is 0 Å². The molecule has 0 aromatic heterocycles. The first-order valence-electron chi connectivity index (χ1n) is 7.57. The maximum atomic E-state index is 12.4. The third-order valence-corrected chi connectivity index (χ3v) is 3.74. The van der Waals surface area contributed by atoms with Crippen LogP contribution in [0.15, 0.2) is 24.3 Å². The summed E-state index contributed by atoms with van der Waals surface area (Å²) in [7, 11) is 0. The van der Waals surface area contributed by atoms with Crippen LogP contribution in [0.3, 0.4) is 0 Å². The number of nitrogens with one attached hydrogen (secondary N) is 1. The molecule has 1 aliphatic rings. The minimum atomic E-state index is -0.355. The molecule has 0 saturated carbocycles. The topological polar surface area (TPSA) is 66.5 Å². The lowest BCUT2D eigenvalue weighted by Gasteiger charge is -2.18. The molecule has 0 spiro atoms. The van der Waals surface area contributed by atoms with Crippen LogP contribution in [-0.2, 0) is 9.59 Å². The van der Waals surface area contributed by atoms with Crippen molar-refractivity contribution in [2.45, 2.75) is 27.2 Å². The Balaban J connectivity index is 2.05. The van der Waals surface area contributed by atoms with Crippen LogP contribution >= 0.6 is 0 Å². The third-order valence-electron chi connectivity index (χ3n) is 3.74. The molecule has 1 heterocycles. The highest BCUT2D eigenvalue weighted by atomic mass is 16.2. The van der Waals surface area contributed by atoms with Gasteiger partial charge in [0.05, 0.1) is 11.6 Å². The number of benzene rings is 1. The summed E-state index contributed by atoms with van der Waals surface area (Å²) >= 11 is 0. The zero-order chi connectivity index (χ0) is 16.3. The second-order valence-electron chi connectivity index (χ2n) is 6.18. The summed E-state index contributed by atoms with van der Waals surface area (Å²) in [5.74, 6) is -0.252. The number of rotatable bonds is 5. The van der Waals surface area contributed by atoms with E-state index >= 15 is 0 Å². The van der Waals surface area contributed by atoms with Gasteiger partial charge in [0.2, 0.25) is 11.8 Å². The number of anilines is 1. The van der Waals surface area contributed by atoms with Crippen LogP contribution in [0.5, 0.6) is 0 Å². The van der Waals surface area contributed by atoms with E-state index in [2.05, 4.69) is 5.32 Å². The molecule has 1 aromatic rings. The second kappa shape index (κ2) is 6.73. The predicted molar refractivity (Wildman–Crippen MR) is 84.6 cm³/mol. The Hall–Kier alpha value is -2.17. The van der Waals surface area contributed by atoms with Crippen molar-refractivity contribution in [2.75, 3.05) is 18.4 Å². The molecule has 22 heavy (non-hydrogen) atoms. The van der Waals surface area contributed by atoms with Gasteiger partial charge in [0.25, 0.3) is 0 Å². The normalized spacial score (nSPS) is 17.9. The summed E-state index contributed by atoms with van der Waals surface area (Å²) in [6, 6.07) is 6.92. The van der Waals surface area contributed by atoms with Crippen molar-refractivity contribution in [1.29, 1.82) is 0 Å². The average molecular weight is 302 g/mol. The van der Waals surface area contributed by atoms with E-state index in [1.807, 2.05) is 13.8 Å². The summed E-state index contributed by atoms with van der Waals surface area (Å²) in [5, 5.41) is 2.79. The molecule has 118 valence electrons. The first-order chi connectivity index (χ1) is 10.4. The molecule has 2 amide bonds. The molecule has 0 radical (unpaired) electrons. The Morgan fingerprint density at radius 3 is 2.64 bits per heavy atom. The molecule has 2 rings (SSSR count). The lowest BCUT2D eigenvalue weighted by molar-refractivity contribution is -0.128. The van der Waals surface area contributed by atoms with E-state index in [0.29, 0.717) is 30.3 Å². The van der Waals surface area contributed by atoms with E-state index < -0.39 is 0 Å². The molecule has 5 nitrogen and oxygen atoms in total. The van der Waals surface area contributed by atoms with Gasteiger partial charge < -0.3 is 10.2 Å². The maximum Gasteiger partial charge on any atom is 0.229 e. The fourth-order valence-corrected chi connectivity index (χ4v) is 2.70. The molecule has 0 unspecified atom stereocenters. The summed E-state index contributed by atoms with van der Waals surface area (Å²) in [6.45, 7) is 6.68. The highest BCUT2D eigenvalue weighted by Gasteiger charge is 2.34. The van der Waals surface area contributed by atoms with Crippen molar-refractivity contribution in [2.24, 2.45) is 11.8 Å². The quantitative estimate of drug-likeness (QED) is 0.849. The van der Waals surface area contributed by atoms with Gasteiger partial charge in [-0.05, 0) is 25.0 Å². The summed E-state index contributed by atoms with van der Waals surface area (Å²) in [5.41, 5.74) is 0.994. The molecular weight excluding hydrogens is 280 g/mol. The van der Waals surface area contributed by atoms with Crippen LogP contribution in [-0.4, -0.2) is 35.6 Å². The van der Waals surface area contributed by atoms with Crippen LogP contribution in [0.2, 0.25) is 0 Å². The van der Waals surface area contributed by atoms with Gasteiger partial charge in [-0.3, -0.25) is 14.4 Å². The SMILES string of the molecule is CC(=O)c1ccccc1NC(=O)[C@@H]1CC(=O)N(CC(C)C)C1. The zero-order valence-corrected chi connectivity index (χ0v) is 13.3. The standard InChI is InChI=1S/C17H22N2O3/c1-11(2)9-19-10-13(8-16(19)21)17(22)18-15-7-5-4-6-14(15)12(3)20/h4-7,11,13H,8-10H2,1-3H3,(H,18,22)/t13-/m1/s1. The minimum Gasteiger partial charge on any atom is -0.342 e. The van der Waals surface area contributed by atoms with Crippen LogP contribution in [0.4, 0.5) is 5.69 Å². The van der Waals surface area contributed by atoms with E-state index in [0.717, 1.165) is 0 Å². The lowest BCUT2D eigenvalue weighted by Crippen LogP contribution is -2.31. The molecule has 0 bridgehead atoms. The molecular formula is C17H22N2O3. The van der Waals surface area contributed by atoms with Crippen molar-refractivity contribution >= 4 is 23.3 Å². The highest BCUT2D eigenvalue weighted by Crippen LogP contribution is 2.22. The molecule has 1 aromatic carbocycles. The molecule has 0 aliphatic carbocycles. The third kappa shape index (κ3) is 3.72. The van der Waals surface area contributed by atoms with Crippen molar-refractivity contribution in [3.05, 3.63) is 29.8 Å².